The van der Waals surface area contributed by atoms with E-state index >= 15 is 0 Å². The molecule has 0 aromatic heterocycles. The molecular weight excluding hydrogens is 405 g/mol. The molecule has 0 saturated carbocycles. The van der Waals surface area contributed by atoms with Gasteiger partial charge in [0.2, 0.25) is 0 Å². The molecule has 2 atom stereocenters. The van der Waals surface area contributed by atoms with E-state index in [1.807, 2.05) is 45.0 Å². The van der Waals surface area contributed by atoms with Crippen LogP contribution in [-0.2, 0) is 17.4 Å². The minimum atomic E-state index is -4.52. The van der Waals surface area contributed by atoms with E-state index in [2.05, 4.69) is 10.3 Å². The fourth-order valence-electron chi connectivity index (χ4n) is 3.32. The van der Waals surface area contributed by atoms with Gasteiger partial charge in [0.05, 0.1) is 5.56 Å². The number of benzene rings is 2. The largest absolute Gasteiger partial charge is 0.481 e. The van der Waals surface area contributed by atoms with E-state index in [1.54, 1.807) is 0 Å². The monoisotopic (exact) mass is 432 g/mol. The van der Waals surface area contributed by atoms with Gasteiger partial charge in [0, 0.05) is 12.8 Å². The van der Waals surface area contributed by atoms with E-state index in [0.29, 0.717) is 19.4 Å². The Labute approximate surface area is 180 Å². The molecule has 0 fully saturated rings. The predicted octanol–water partition coefficient (Wildman–Crippen LogP) is 5.29. The first-order valence-corrected chi connectivity index (χ1v) is 10.4. The molecule has 3 rings (SSSR count). The van der Waals surface area contributed by atoms with Gasteiger partial charge in [0.25, 0.3) is 5.91 Å². The first-order valence-electron chi connectivity index (χ1n) is 10.4. The van der Waals surface area contributed by atoms with Gasteiger partial charge in [0.15, 0.2) is 6.10 Å². The Morgan fingerprint density at radius 2 is 1.84 bits per heavy atom. The number of halogens is 3. The summed E-state index contributed by atoms with van der Waals surface area (Å²) in [5, 5.41) is 2.85. The van der Waals surface area contributed by atoms with Crippen molar-refractivity contribution in [3.05, 3.63) is 64.7 Å². The average molecular weight is 432 g/mol. The second-order valence-corrected chi connectivity index (χ2v) is 8.25. The molecule has 0 spiro atoms. The van der Waals surface area contributed by atoms with Crippen molar-refractivity contribution in [3.8, 4) is 5.75 Å². The summed E-state index contributed by atoms with van der Waals surface area (Å²) in [6.07, 6.45) is -2.87. The van der Waals surface area contributed by atoms with Crippen LogP contribution in [0.1, 0.15) is 48.6 Å². The molecule has 4 nitrogen and oxygen atoms in total. The number of rotatable bonds is 9. The Morgan fingerprint density at radius 1 is 1.16 bits per heavy atom. The number of hydrogen-bond donors (Lipinski definition) is 1. The summed E-state index contributed by atoms with van der Waals surface area (Å²) in [5.41, 5.74) is 1.58. The van der Waals surface area contributed by atoms with Crippen LogP contribution in [0.4, 0.5) is 13.2 Å². The Kier molecular flexibility index (Phi) is 7.03. The highest BCUT2D eigenvalue weighted by Gasteiger charge is 2.37. The number of carbonyl (C=O) groups excluding carboxylic acids is 1. The normalized spacial score (nSPS) is 16.3. The third-order valence-corrected chi connectivity index (χ3v) is 5.04. The number of amides is 1. The summed E-state index contributed by atoms with van der Waals surface area (Å²) in [7, 11) is 0. The van der Waals surface area contributed by atoms with Crippen LogP contribution < -0.4 is 10.1 Å². The van der Waals surface area contributed by atoms with E-state index in [-0.39, 0.29) is 23.1 Å². The molecule has 2 unspecified atom stereocenters. The van der Waals surface area contributed by atoms with Gasteiger partial charge in [-0.25, -0.2) is 0 Å². The van der Waals surface area contributed by atoms with E-state index in [9.17, 15) is 18.0 Å². The Bertz CT molecular complexity index is 931. The predicted molar refractivity (Wildman–Crippen MR) is 114 cm³/mol. The number of alkyl halides is 3. The highest BCUT2D eigenvalue weighted by atomic mass is 19.4. The number of nitrogens with one attached hydrogen (secondary N) is 1. The molecule has 31 heavy (non-hydrogen) atoms. The van der Waals surface area contributed by atoms with Crippen LogP contribution in [0.5, 0.6) is 5.75 Å². The van der Waals surface area contributed by atoms with Gasteiger partial charge in [-0.15, -0.1) is 0 Å². The van der Waals surface area contributed by atoms with Gasteiger partial charge in [-0.2, -0.15) is 13.2 Å². The zero-order valence-electron chi connectivity index (χ0n) is 17.9. The average Bonchev–Trinajstić information content (AvgIpc) is 3.53. The van der Waals surface area contributed by atoms with E-state index in [4.69, 9.17) is 4.74 Å². The summed E-state index contributed by atoms with van der Waals surface area (Å²) in [5.74, 6) is -0.172. The zero-order chi connectivity index (χ0) is 22.6. The van der Waals surface area contributed by atoms with Gasteiger partial charge in [-0.05, 0) is 48.9 Å². The maximum Gasteiger partial charge on any atom is 0.416 e. The Morgan fingerprint density at radius 3 is 2.42 bits per heavy atom. The molecule has 1 N–H and O–H groups in total. The second-order valence-electron chi connectivity index (χ2n) is 8.25. The van der Waals surface area contributed by atoms with Crippen molar-refractivity contribution in [3.63, 3.8) is 0 Å². The van der Waals surface area contributed by atoms with Crippen LogP contribution in [0.2, 0.25) is 0 Å². The third kappa shape index (κ3) is 6.57. The highest BCUT2D eigenvalue weighted by Crippen LogP contribution is 2.40. The SMILES string of the molecule is Cc1ccc(CCNC(=O)C(CC(C)C)Oc2ccc(C3C=N3)c(C(F)(F)F)c2)cc1. The molecule has 0 saturated heterocycles. The third-order valence-electron chi connectivity index (χ3n) is 5.04. The number of carbonyl (C=O) groups is 1. The molecular formula is C24H27F3N2O2. The highest BCUT2D eigenvalue weighted by molar-refractivity contribution is 5.81. The number of nitrogens with zero attached hydrogens (tertiary/aromatic N) is 1. The second kappa shape index (κ2) is 9.54. The number of aliphatic imine (C=N–C) groups is 1. The van der Waals surface area contributed by atoms with Crippen molar-refractivity contribution in [1.29, 1.82) is 0 Å². The maximum atomic E-state index is 13.5. The van der Waals surface area contributed by atoms with Crippen molar-refractivity contribution < 1.29 is 22.7 Å². The zero-order valence-corrected chi connectivity index (χ0v) is 17.9. The van der Waals surface area contributed by atoms with E-state index in [1.165, 1.54) is 18.3 Å². The quantitative estimate of drug-likeness (QED) is 0.585. The van der Waals surface area contributed by atoms with Gasteiger partial charge in [-0.3, -0.25) is 9.79 Å². The van der Waals surface area contributed by atoms with Crippen LogP contribution in [0.15, 0.2) is 47.5 Å². The molecule has 7 heteroatoms. The maximum absolute atomic E-state index is 13.5. The lowest BCUT2D eigenvalue weighted by Gasteiger charge is -2.22. The molecule has 2 aromatic carbocycles. The molecule has 1 heterocycles. The number of ether oxygens (including phenoxy) is 1. The number of hydrogen-bond acceptors (Lipinski definition) is 3. The summed E-state index contributed by atoms with van der Waals surface area (Å²) in [4.78, 5) is 16.6. The molecule has 0 radical (unpaired) electrons. The lowest BCUT2D eigenvalue weighted by Crippen LogP contribution is -2.40. The fourth-order valence-corrected chi connectivity index (χ4v) is 3.32. The molecule has 1 amide bonds. The molecule has 1 aliphatic heterocycles. The molecule has 2 aromatic rings. The van der Waals surface area contributed by atoms with E-state index in [0.717, 1.165) is 17.2 Å². The molecule has 0 aliphatic carbocycles. The molecule has 1 aliphatic rings. The Balaban J connectivity index is 1.67. The van der Waals surface area contributed by atoms with Crippen LogP contribution >= 0.6 is 0 Å². The first kappa shape index (κ1) is 22.8. The van der Waals surface area contributed by atoms with Crippen LogP contribution in [0.3, 0.4) is 0 Å². The van der Waals surface area contributed by atoms with Crippen LogP contribution in [0, 0.1) is 12.8 Å². The van der Waals surface area contributed by atoms with Crippen molar-refractivity contribution in [2.75, 3.05) is 6.54 Å². The van der Waals surface area contributed by atoms with Crippen LogP contribution in [-0.4, -0.2) is 24.8 Å². The topological polar surface area (TPSA) is 50.7 Å². The van der Waals surface area contributed by atoms with Crippen molar-refractivity contribution >= 4 is 12.1 Å². The van der Waals surface area contributed by atoms with Gasteiger partial charge < -0.3 is 10.1 Å². The summed E-state index contributed by atoms with van der Waals surface area (Å²) >= 11 is 0. The summed E-state index contributed by atoms with van der Waals surface area (Å²) in [6.45, 7) is 6.30. The summed E-state index contributed by atoms with van der Waals surface area (Å²) in [6, 6.07) is 11.3. The van der Waals surface area contributed by atoms with Gasteiger partial charge in [-0.1, -0.05) is 49.7 Å². The molecule has 0 bridgehead atoms. The van der Waals surface area contributed by atoms with Crippen LogP contribution in [0.25, 0.3) is 0 Å². The van der Waals surface area contributed by atoms with Crippen molar-refractivity contribution in [1.82, 2.24) is 5.32 Å². The van der Waals surface area contributed by atoms with Crippen molar-refractivity contribution in [2.45, 2.75) is 51.9 Å². The van der Waals surface area contributed by atoms with Crippen molar-refractivity contribution in [2.24, 2.45) is 10.9 Å². The molecule has 166 valence electrons. The fraction of sp³-hybridized carbons (Fsp3) is 0.417. The lowest BCUT2D eigenvalue weighted by atomic mass is 10.0. The Hall–Kier alpha value is -2.83. The minimum Gasteiger partial charge on any atom is -0.481 e. The smallest absolute Gasteiger partial charge is 0.416 e. The van der Waals surface area contributed by atoms with Gasteiger partial charge in [0.1, 0.15) is 11.8 Å². The lowest BCUT2D eigenvalue weighted by molar-refractivity contribution is -0.138. The summed E-state index contributed by atoms with van der Waals surface area (Å²) < 4.78 is 46.2. The van der Waals surface area contributed by atoms with E-state index < -0.39 is 23.9 Å². The standard InChI is InChI=1S/C24H27F3N2O2/c1-15(2)12-22(23(30)28-11-10-17-6-4-16(3)5-7-17)31-18-8-9-19(21-14-29-21)20(13-18)24(25,26)27/h4-9,13-15,21-22H,10-12H2,1-3H3,(H,28,30). The first-order chi connectivity index (χ1) is 14.6. The minimum absolute atomic E-state index is 0.0241. The van der Waals surface area contributed by atoms with Gasteiger partial charge >= 0.3 is 6.18 Å². The number of aryl methyl sites for hydroxylation is 1.